The van der Waals surface area contributed by atoms with Crippen LogP contribution in [-0.2, 0) is 23.9 Å². The number of halogens is 3. The molecule has 1 amide bonds. The molecule has 0 aliphatic rings. The molecular weight excluding hydrogens is 347 g/mol. The van der Waals surface area contributed by atoms with E-state index in [0.29, 0.717) is 12.0 Å². The molecular formula is C19H18F3NO3. The van der Waals surface area contributed by atoms with Gasteiger partial charge in [0.05, 0.1) is 11.5 Å². The minimum atomic E-state index is -4.48. The fraction of sp³-hybridized carbons (Fsp3) is 0.263. The quantitative estimate of drug-likeness (QED) is 0.816. The second-order valence-electron chi connectivity index (χ2n) is 5.98. The van der Waals surface area contributed by atoms with Crippen LogP contribution in [0.1, 0.15) is 34.0 Å². The monoisotopic (exact) mass is 365 g/mol. The average Bonchev–Trinajstić information content (AvgIpc) is 2.59. The van der Waals surface area contributed by atoms with E-state index in [-0.39, 0.29) is 12.1 Å². The van der Waals surface area contributed by atoms with Crippen LogP contribution < -0.4 is 5.32 Å². The van der Waals surface area contributed by atoms with E-state index in [9.17, 15) is 22.8 Å². The first-order valence-corrected chi connectivity index (χ1v) is 7.93. The molecule has 26 heavy (non-hydrogen) atoms. The Hall–Kier alpha value is -2.83. The van der Waals surface area contributed by atoms with Gasteiger partial charge in [0, 0.05) is 12.1 Å². The van der Waals surface area contributed by atoms with Crippen molar-refractivity contribution < 1.29 is 27.9 Å². The molecule has 1 atom stereocenters. The third-order valence-electron chi connectivity index (χ3n) is 3.94. The summed E-state index contributed by atoms with van der Waals surface area (Å²) in [6.07, 6.45) is -4.15. The number of rotatable bonds is 6. The number of carbonyl (C=O) groups excluding carboxylic acids is 1. The molecule has 0 radical (unpaired) electrons. The Labute approximate surface area is 148 Å². The maximum Gasteiger partial charge on any atom is 0.416 e. The van der Waals surface area contributed by atoms with E-state index < -0.39 is 29.5 Å². The Kier molecular flexibility index (Phi) is 6.02. The van der Waals surface area contributed by atoms with Crippen LogP contribution in [0.2, 0.25) is 0 Å². The van der Waals surface area contributed by atoms with Gasteiger partial charge in [-0.2, -0.15) is 13.2 Å². The zero-order chi connectivity index (χ0) is 19.3. The standard InChI is InChI=1S/C19H18F3NO3/c1-12(18(25)26)10-13-6-8-14(9-7-13)17(24)23-11-15-4-2-3-5-16(15)19(20,21)22/h2-9,12H,10-11H2,1H3,(H,23,24)(H,25,26). The van der Waals surface area contributed by atoms with Crippen molar-refractivity contribution in [2.24, 2.45) is 5.92 Å². The van der Waals surface area contributed by atoms with Crippen molar-refractivity contribution in [3.05, 3.63) is 70.8 Å². The second-order valence-corrected chi connectivity index (χ2v) is 5.98. The van der Waals surface area contributed by atoms with Crippen LogP contribution in [-0.4, -0.2) is 17.0 Å². The van der Waals surface area contributed by atoms with Crippen molar-refractivity contribution >= 4 is 11.9 Å². The van der Waals surface area contributed by atoms with Gasteiger partial charge in [-0.05, 0) is 35.7 Å². The van der Waals surface area contributed by atoms with Gasteiger partial charge in [0.25, 0.3) is 5.91 Å². The molecule has 2 rings (SSSR count). The highest BCUT2D eigenvalue weighted by molar-refractivity contribution is 5.94. The summed E-state index contributed by atoms with van der Waals surface area (Å²) in [7, 11) is 0. The number of carboxylic acids is 1. The highest BCUT2D eigenvalue weighted by Gasteiger charge is 2.32. The lowest BCUT2D eigenvalue weighted by Crippen LogP contribution is -2.24. The van der Waals surface area contributed by atoms with Crippen molar-refractivity contribution in [1.29, 1.82) is 0 Å². The zero-order valence-electron chi connectivity index (χ0n) is 14.0. The van der Waals surface area contributed by atoms with Gasteiger partial charge in [-0.3, -0.25) is 9.59 Å². The van der Waals surface area contributed by atoms with Crippen LogP contribution in [0.15, 0.2) is 48.5 Å². The molecule has 0 bridgehead atoms. The molecule has 2 aromatic carbocycles. The SMILES string of the molecule is CC(Cc1ccc(C(=O)NCc2ccccc2C(F)(F)F)cc1)C(=O)O. The van der Waals surface area contributed by atoms with Crippen molar-refractivity contribution in [3.8, 4) is 0 Å². The van der Waals surface area contributed by atoms with Gasteiger partial charge in [0.15, 0.2) is 0 Å². The third kappa shape index (κ3) is 5.08. The fourth-order valence-corrected chi connectivity index (χ4v) is 2.46. The number of aliphatic carboxylic acids is 1. The lowest BCUT2D eigenvalue weighted by molar-refractivity contribution is -0.141. The predicted octanol–water partition coefficient (Wildman–Crippen LogP) is 3.90. The summed E-state index contributed by atoms with van der Waals surface area (Å²) in [5.41, 5.74) is 0.263. The molecule has 0 spiro atoms. The summed E-state index contributed by atoms with van der Waals surface area (Å²) in [5.74, 6) is -1.96. The number of nitrogens with one attached hydrogen (secondary N) is 1. The zero-order valence-corrected chi connectivity index (χ0v) is 14.0. The molecule has 138 valence electrons. The number of hydrogen-bond donors (Lipinski definition) is 2. The normalized spacial score (nSPS) is 12.5. The molecule has 0 heterocycles. The first-order chi connectivity index (χ1) is 12.2. The van der Waals surface area contributed by atoms with Gasteiger partial charge in [-0.25, -0.2) is 0 Å². The molecule has 2 N–H and O–H groups in total. The highest BCUT2D eigenvalue weighted by Crippen LogP contribution is 2.31. The highest BCUT2D eigenvalue weighted by atomic mass is 19.4. The van der Waals surface area contributed by atoms with Gasteiger partial charge in [-0.1, -0.05) is 37.3 Å². The van der Waals surface area contributed by atoms with Crippen LogP contribution in [0.3, 0.4) is 0 Å². The lowest BCUT2D eigenvalue weighted by atomic mass is 10.00. The molecule has 0 saturated heterocycles. The number of carboxylic acid groups (broad SMARTS) is 1. The third-order valence-corrected chi connectivity index (χ3v) is 3.94. The van der Waals surface area contributed by atoms with Crippen LogP contribution in [0, 0.1) is 5.92 Å². The summed E-state index contributed by atoms with van der Waals surface area (Å²) < 4.78 is 38.8. The minimum absolute atomic E-state index is 0.0137. The number of hydrogen-bond acceptors (Lipinski definition) is 2. The van der Waals surface area contributed by atoms with Crippen molar-refractivity contribution in [3.63, 3.8) is 0 Å². The Morgan fingerprint density at radius 1 is 1.08 bits per heavy atom. The summed E-state index contributed by atoms with van der Waals surface area (Å²) in [6, 6.07) is 11.4. The van der Waals surface area contributed by atoms with E-state index >= 15 is 0 Å². The first-order valence-electron chi connectivity index (χ1n) is 7.93. The van der Waals surface area contributed by atoms with Crippen LogP contribution in [0.4, 0.5) is 13.2 Å². The molecule has 7 heteroatoms. The molecule has 0 saturated carbocycles. The lowest BCUT2D eigenvalue weighted by Gasteiger charge is -2.13. The molecule has 0 aliphatic heterocycles. The van der Waals surface area contributed by atoms with E-state index in [2.05, 4.69) is 5.32 Å². The topological polar surface area (TPSA) is 66.4 Å². The maximum absolute atomic E-state index is 12.9. The number of amides is 1. The van der Waals surface area contributed by atoms with Gasteiger partial charge >= 0.3 is 12.1 Å². The van der Waals surface area contributed by atoms with Crippen LogP contribution >= 0.6 is 0 Å². The number of alkyl halides is 3. The van der Waals surface area contributed by atoms with Gasteiger partial charge in [0.2, 0.25) is 0 Å². The minimum Gasteiger partial charge on any atom is -0.481 e. The first kappa shape index (κ1) is 19.5. The van der Waals surface area contributed by atoms with Crippen molar-refractivity contribution in [2.75, 3.05) is 0 Å². The summed E-state index contributed by atoms with van der Waals surface area (Å²) in [5, 5.41) is 11.4. The van der Waals surface area contributed by atoms with Crippen LogP contribution in [0.25, 0.3) is 0 Å². The maximum atomic E-state index is 12.9. The Balaban J connectivity index is 2.02. The molecule has 0 aromatic heterocycles. The Morgan fingerprint density at radius 3 is 2.27 bits per heavy atom. The number of benzene rings is 2. The second kappa shape index (κ2) is 8.03. The summed E-state index contributed by atoms with van der Waals surface area (Å²) >= 11 is 0. The molecule has 1 unspecified atom stereocenters. The van der Waals surface area contributed by atoms with Crippen molar-refractivity contribution in [1.82, 2.24) is 5.32 Å². The van der Waals surface area contributed by atoms with Gasteiger partial charge in [-0.15, -0.1) is 0 Å². The Morgan fingerprint density at radius 2 is 1.69 bits per heavy atom. The molecule has 2 aromatic rings. The molecule has 4 nitrogen and oxygen atoms in total. The number of carbonyl (C=O) groups is 2. The largest absolute Gasteiger partial charge is 0.481 e. The molecule has 0 aliphatic carbocycles. The van der Waals surface area contributed by atoms with E-state index in [4.69, 9.17) is 5.11 Å². The van der Waals surface area contributed by atoms with Gasteiger partial charge in [0.1, 0.15) is 0 Å². The van der Waals surface area contributed by atoms with E-state index in [1.54, 1.807) is 19.1 Å². The van der Waals surface area contributed by atoms with E-state index in [0.717, 1.165) is 11.6 Å². The van der Waals surface area contributed by atoms with Crippen molar-refractivity contribution in [2.45, 2.75) is 26.1 Å². The van der Waals surface area contributed by atoms with E-state index in [1.807, 2.05) is 0 Å². The van der Waals surface area contributed by atoms with E-state index in [1.165, 1.54) is 30.3 Å². The van der Waals surface area contributed by atoms with Crippen LogP contribution in [0.5, 0.6) is 0 Å². The van der Waals surface area contributed by atoms with Gasteiger partial charge < -0.3 is 10.4 Å². The smallest absolute Gasteiger partial charge is 0.416 e. The predicted molar refractivity (Wildman–Crippen MR) is 89.6 cm³/mol. The molecule has 0 fully saturated rings. The average molecular weight is 365 g/mol. The fourth-order valence-electron chi connectivity index (χ4n) is 2.46. The summed E-state index contributed by atoms with van der Waals surface area (Å²) in [6.45, 7) is 1.34. The summed E-state index contributed by atoms with van der Waals surface area (Å²) in [4.78, 5) is 23.0. The Bertz CT molecular complexity index is 785.